The number of carbonyl (C=O) groups is 1. The average molecular weight is 281 g/mol. The van der Waals surface area contributed by atoms with Crippen molar-refractivity contribution in [3.63, 3.8) is 0 Å². The lowest BCUT2D eigenvalue weighted by Crippen LogP contribution is -2.18. The summed E-state index contributed by atoms with van der Waals surface area (Å²) in [6, 6.07) is 10.4. The molecule has 1 aromatic heterocycles. The third kappa shape index (κ3) is 3.76. The summed E-state index contributed by atoms with van der Waals surface area (Å²) >= 11 is 0. The van der Waals surface area contributed by atoms with Gasteiger partial charge in [-0.3, -0.25) is 9.78 Å². The molecule has 0 aliphatic heterocycles. The van der Waals surface area contributed by atoms with Gasteiger partial charge in [-0.1, -0.05) is 24.3 Å². The topological polar surface area (TPSA) is 74.6 Å². The Bertz CT molecular complexity index is 666. The van der Waals surface area contributed by atoms with Gasteiger partial charge in [0, 0.05) is 11.8 Å². The van der Waals surface area contributed by atoms with E-state index in [0.717, 1.165) is 5.56 Å². The number of hydrogen-bond acceptors (Lipinski definition) is 4. The first kappa shape index (κ1) is 14.5. The van der Waals surface area contributed by atoms with Crippen molar-refractivity contribution in [1.29, 1.82) is 0 Å². The van der Waals surface area contributed by atoms with Crippen molar-refractivity contribution < 1.29 is 9.90 Å². The van der Waals surface area contributed by atoms with Gasteiger partial charge in [0.15, 0.2) is 0 Å². The summed E-state index contributed by atoms with van der Waals surface area (Å²) < 4.78 is 0. The predicted octanol–water partition coefficient (Wildman–Crippen LogP) is 2.28. The number of nitrogens with one attached hydrogen (secondary N) is 1. The van der Waals surface area contributed by atoms with Crippen LogP contribution in [-0.4, -0.2) is 22.2 Å². The fourth-order valence-corrected chi connectivity index (χ4v) is 1.75. The molecule has 1 heterocycles. The number of allylic oxidation sites excluding steroid dienone is 1. The molecule has 2 rings (SSSR count). The number of benzene rings is 1. The van der Waals surface area contributed by atoms with E-state index >= 15 is 0 Å². The number of phenolic OH excluding ortho intramolecular Hbond substituents is 1. The van der Waals surface area contributed by atoms with Crippen molar-refractivity contribution in [3.05, 3.63) is 72.1 Å². The maximum atomic E-state index is 11.7. The fourth-order valence-electron chi connectivity index (χ4n) is 1.75. The third-order valence-electron chi connectivity index (χ3n) is 2.78. The van der Waals surface area contributed by atoms with E-state index in [2.05, 4.69) is 22.1 Å². The van der Waals surface area contributed by atoms with E-state index in [0.29, 0.717) is 12.0 Å². The van der Waals surface area contributed by atoms with Crippen LogP contribution in [0.5, 0.6) is 5.75 Å². The number of para-hydroxylation sites is 1. The van der Waals surface area contributed by atoms with Gasteiger partial charge in [0.1, 0.15) is 11.4 Å². The van der Waals surface area contributed by atoms with Gasteiger partial charge in [0.25, 0.3) is 5.91 Å². The van der Waals surface area contributed by atoms with Crippen LogP contribution in [0.2, 0.25) is 0 Å². The smallest absolute Gasteiger partial charge is 0.289 e. The van der Waals surface area contributed by atoms with E-state index in [1.807, 2.05) is 0 Å². The zero-order chi connectivity index (χ0) is 15.1. The first-order valence-corrected chi connectivity index (χ1v) is 6.38. The maximum Gasteiger partial charge on any atom is 0.289 e. The Morgan fingerprint density at radius 1 is 1.33 bits per heavy atom. The van der Waals surface area contributed by atoms with Crippen LogP contribution in [0.4, 0.5) is 0 Å². The predicted molar refractivity (Wildman–Crippen MR) is 81.3 cm³/mol. The third-order valence-corrected chi connectivity index (χ3v) is 2.78. The second kappa shape index (κ2) is 7.00. The van der Waals surface area contributed by atoms with E-state index < -0.39 is 5.91 Å². The molecular weight excluding hydrogens is 266 g/mol. The van der Waals surface area contributed by atoms with Crippen LogP contribution in [0, 0.1) is 0 Å². The van der Waals surface area contributed by atoms with Crippen LogP contribution < -0.4 is 5.43 Å². The quantitative estimate of drug-likeness (QED) is 0.501. The lowest BCUT2D eigenvalue weighted by molar-refractivity contribution is 0.0950. The minimum atomic E-state index is -0.409. The molecule has 0 aliphatic carbocycles. The zero-order valence-corrected chi connectivity index (χ0v) is 11.4. The van der Waals surface area contributed by atoms with Crippen molar-refractivity contribution in [1.82, 2.24) is 10.4 Å². The van der Waals surface area contributed by atoms with Crippen molar-refractivity contribution in [2.75, 3.05) is 0 Å². The van der Waals surface area contributed by atoms with E-state index in [1.165, 1.54) is 12.4 Å². The molecule has 0 aliphatic rings. The minimum Gasteiger partial charge on any atom is -0.507 e. The standard InChI is InChI=1S/C16H15N3O2/c1-2-6-12-7-5-8-13(15(12)20)11-18-19-16(21)14-9-3-4-10-17-14/h2-5,7-11,20H,1,6H2,(H,19,21)/b18-11-. The second-order valence-corrected chi connectivity index (χ2v) is 4.26. The second-order valence-electron chi connectivity index (χ2n) is 4.26. The Morgan fingerprint density at radius 3 is 2.90 bits per heavy atom. The maximum absolute atomic E-state index is 11.7. The Labute approximate surface area is 122 Å². The molecule has 0 spiro atoms. The summed E-state index contributed by atoms with van der Waals surface area (Å²) in [5.41, 5.74) is 3.92. The van der Waals surface area contributed by atoms with Crippen LogP contribution in [0.3, 0.4) is 0 Å². The SMILES string of the molecule is C=CCc1cccc(/C=N\NC(=O)c2ccccn2)c1O. The van der Waals surface area contributed by atoms with Gasteiger partial charge in [0.2, 0.25) is 0 Å². The highest BCUT2D eigenvalue weighted by Crippen LogP contribution is 2.21. The minimum absolute atomic E-state index is 0.133. The molecule has 0 radical (unpaired) electrons. The molecule has 0 saturated heterocycles. The molecule has 21 heavy (non-hydrogen) atoms. The summed E-state index contributed by atoms with van der Waals surface area (Å²) in [6.07, 6.45) is 5.19. The summed E-state index contributed by atoms with van der Waals surface area (Å²) in [7, 11) is 0. The number of hydrogen-bond donors (Lipinski definition) is 2. The largest absolute Gasteiger partial charge is 0.507 e. The van der Waals surface area contributed by atoms with Gasteiger partial charge in [-0.05, 0) is 30.2 Å². The number of nitrogens with zero attached hydrogens (tertiary/aromatic N) is 2. The number of carbonyl (C=O) groups excluding carboxylic acids is 1. The summed E-state index contributed by atoms with van der Waals surface area (Å²) in [5, 5.41) is 13.9. The summed E-state index contributed by atoms with van der Waals surface area (Å²) in [6.45, 7) is 3.64. The first-order valence-electron chi connectivity index (χ1n) is 6.38. The van der Waals surface area contributed by atoms with E-state index in [1.54, 1.807) is 42.5 Å². The Hall–Kier alpha value is -2.95. The van der Waals surface area contributed by atoms with Gasteiger partial charge in [0.05, 0.1) is 6.21 Å². The molecule has 1 amide bonds. The number of aromatic nitrogens is 1. The highest BCUT2D eigenvalue weighted by Gasteiger charge is 2.05. The van der Waals surface area contributed by atoms with Crippen LogP contribution in [0.25, 0.3) is 0 Å². The van der Waals surface area contributed by atoms with Gasteiger partial charge < -0.3 is 5.11 Å². The summed E-state index contributed by atoms with van der Waals surface area (Å²) in [5.74, 6) is -0.276. The molecule has 5 heteroatoms. The number of rotatable bonds is 5. The highest BCUT2D eigenvalue weighted by molar-refractivity contribution is 5.93. The van der Waals surface area contributed by atoms with Crippen molar-refractivity contribution in [2.45, 2.75) is 6.42 Å². The van der Waals surface area contributed by atoms with E-state index in [-0.39, 0.29) is 11.4 Å². The molecule has 0 bridgehead atoms. The van der Waals surface area contributed by atoms with Crippen LogP contribution >= 0.6 is 0 Å². The van der Waals surface area contributed by atoms with Crippen molar-refractivity contribution >= 4 is 12.1 Å². The number of aromatic hydroxyl groups is 1. The molecule has 0 fully saturated rings. The van der Waals surface area contributed by atoms with E-state index in [9.17, 15) is 9.90 Å². The Morgan fingerprint density at radius 2 is 2.19 bits per heavy atom. The molecule has 106 valence electrons. The van der Waals surface area contributed by atoms with Gasteiger partial charge in [-0.15, -0.1) is 6.58 Å². The number of hydrazone groups is 1. The monoisotopic (exact) mass is 281 g/mol. The molecule has 0 atom stereocenters. The molecule has 0 saturated carbocycles. The Kier molecular flexibility index (Phi) is 4.82. The van der Waals surface area contributed by atoms with Crippen LogP contribution in [-0.2, 0) is 6.42 Å². The zero-order valence-electron chi connectivity index (χ0n) is 11.4. The summed E-state index contributed by atoms with van der Waals surface area (Å²) in [4.78, 5) is 15.6. The molecule has 2 aromatic rings. The lowest BCUT2D eigenvalue weighted by Gasteiger charge is -2.04. The average Bonchev–Trinajstić information content (AvgIpc) is 2.52. The van der Waals surface area contributed by atoms with Gasteiger partial charge in [-0.25, -0.2) is 5.43 Å². The number of pyridine rings is 1. The molecule has 2 N–H and O–H groups in total. The fraction of sp³-hybridized carbons (Fsp3) is 0.0625. The van der Waals surface area contributed by atoms with Crippen molar-refractivity contribution in [3.8, 4) is 5.75 Å². The molecular formula is C16H15N3O2. The number of phenols is 1. The molecule has 5 nitrogen and oxygen atoms in total. The Balaban J connectivity index is 2.07. The van der Waals surface area contributed by atoms with Gasteiger partial charge in [-0.2, -0.15) is 5.10 Å². The lowest BCUT2D eigenvalue weighted by atomic mass is 10.1. The highest BCUT2D eigenvalue weighted by atomic mass is 16.3. The number of amides is 1. The normalized spacial score (nSPS) is 10.5. The van der Waals surface area contributed by atoms with Gasteiger partial charge >= 0.3 is 0 Å². The molecule has 1 aromatic carbocycles. The van der Waals surface area contributed by atoms with Crippen molar-refractivity contribution in [2.24, 2.45) is 5.10 Å². The first-order chi connectivity index (χ1) is 10.2. The van der Waals surface area contributed by atoms with E-state index in [4.69, 9.17) is 0 Å². The molecule has 0 unspecified atom stereocenters. The van der Waals surface area contributed by atoms with Crippen LogP contribution in [0.1, 0.15) is 21.6 Å². The van der Waals surface area contributed by atoms with Crippen LogP contribution in [0.15, 0.2) is 60.4 Å².